The molecule has 1 aromatic heterocycles. The molecule has 0 aliphatic rings. The van der Waals surface area contributed by atoms with Gasteiger partial charge < -0.3 is 5.73 Å². The second kappa shape index (κ2) is 4.60. The van der Waals surface area contributed by atoms with Crippen LogP contribution in [0.4, 0.5) is 0 Å². The molecule has 2 N–H and O–H groups in total. The van der Waals surface area contributed by atoms with Crippen LogP contribution in [-0.4, -0.2) is 0 Å². The van der Waals surface area contributed by atoms with Crippen molar-refractivity contribution in [2.24, 2.45) is 5.73 Å². The molecular formula is C13H15NS. The fourth-order valence-corrected chi connectivity index (χ4v) is 2.53. The summed E-state index contributed by atoms with van der Waals surface area (Å²) in [5.41, 5.74) is 8.76. The molecule has 0 aliphatic carbocycles. The minimum absolute atomic E-state index is 0.124. The molecule has 1 heterocycles. The number of rotatable bonds is 3. The molecule has 2 aromatic rings. The van der Waals surface area contributed by atoms with Gasteiger partial charge in [0.2, 0.25) is 0 Å². The monoisotopic (exact) mass is 217 g/mol. The lowest BCUT2D eigenvalue weighted by Crippen LogP contribution is -2.13. The highest BCUT2D eigenvalue weighted by atomic mass is 32.1. The predicted molar refractivity (Wildman–Crippen MR) is 66.1 cm³/mol. The maximum Gasteiger partial charge on any atom is 0.0346 e. The number of aryl methyl sites for hydroxylation is 1. The molecule has 0 spiro atoms. The molecule has 1 unspecified atom stereocenters. The van der Waals surface area contributed by atoms with Gasteiger partial charge >= 0.3 is 0 Å². The molecule has 15 heavy (non-hydrogen) atoms. The van der Waals surface area contributed by atoms with Gasteiger partial charge in [-0.15, -0.1) is 11.3 Å². The van der Waals surface area contributed by atoms with Crippen molar-refractivity contribution < 1.29 is 0 Å². The summed E-state index contributed by atoms with van der Waals surface area (Å²) in [6.45, 7) is 2.13. The number of nitrogens with two attached hydrogens (primary N) is 1. The van der Waals surface area contributed by atoms with Gasteiger partial charge in [0.25, 0.3) is 0 Å². The Balaban J connectivity index is 2.11. The number of hydrogen-bond donors (Lipinski definition) is 1. The van der Waals surface area contributed by atoms with E-state index in [1.54, 1.807) is 11.3 Å². The van der Waals surface area contributed by atoms with Crippen LogP contribution in [0.1, 0.15) is 22.0 Å². The number of benzene rings is 1. The Kier molecular flexibility index (Phi) is 3.19. The van der Waals surface area contributed by atoms with Crippen molar-refractivity contribution in [3.63, 3.8) is 0 Å². The van der Waals surface area contributed by atoms with E-state index in [1.165, 1.54) is 16.0 Å². The normalized spacial score (nSPS) is 12.7. The molecule has 0 fully saturated rings. The van der Waals surface area contributed by atoms with E-state index in [-0.39, 0.29) is 6.04 Å². The SMILES string of the molecule is Cc1sccc1C(N)Cc1ccccc1. The van der Waals surface area contributed by atoms with Crippen molar-refractivity contribution >= 4 is 11.3 Å². The van der Waals surface area contributed by atoms with E-state index in [0.717, 1.165) is 6.42 Å². The van der Waals surface area contributed by atoms with Crippen LogP contribution >= 0.6 is 11.3 Å². The second-order valence-electron chi connectivity index (χ2n) is 3.73. The van der Waals surface area contributed by atoms with Gasteiger partial charge in [-0.05, 0) is 35.9 Å². The van der Waals surface area contributed by atoms with Gasteiger partial charge in [-0.2, -0.15) is 0 Å². The Morgan fingerprint density at radius 1 is 1.20 bits per heavy atom. The highest BCUT2D eigenvalue weighted by Crippen LogP contribution is 2.23. The molecule has 0 saturated carbocycles. The lowest BCUT2D eigenvalue weighted by Gasteiger charge is -2.11. The average Bonchev–Trinajstić information content (AvgIpc) is 2.66. The van der Waals surface area contributed by atoms with Crippen molar-refractivity contribution in [3.05, 3.63) is 57.8 Å². The van der Waals surface area contributed by atoms with E-state index in [0.29, 0.717) is 0 Å². The zero-order chi connectivity index (χ0) is 10.7. The van der Waals surface area contributed by atoms with Crippen LogP contribution in [0.3, 0.4) is 0 Å². The van der Waals surface area contributed by atoms with Gasteiger partial charge in [-0.1, -0.05) is 30.3 Å². The van der Waals surface area contributed by atoms with Crippen LogP contribution in [-0.2, 0) is 6.42 Å². The van der Waals surface area contributed by atoms with Crippen LogP contribution in [0.25, 0.3) is 0 Å². The standard InChI is InChI=1S/C13H15NS/c1-10-12(7-8-15-10)13(14)9-11-5-3-2-4-6-11/h2-8,13H,9,14H2,1H3. The highest BCUT2D eigenvalue weighted by molar-refractivity contribution is 7.10. The molecule has 78 valence electrons. The lowest BCUT2D eigenvalue weighted by atomic mass is 10.0. The Morgan fingerprint density at radius 2 is 1.93 bits per heavy atom. The van der Waals surface area contributed by atoms with Gasteiger partial charge in [0.15, 0.2) is 0 Å². The molecular weight excluding hydrogens is 202 g/mol. The molecule has 1 aromatic carbocycles. The minimum Gasteiger partial charge on any atom is -0.324 e. The molecule has 1 atom stereocenters. The Morgan fingerprint density at radius 3 is 2.53 bits per heavy atom. The summed E-state index contributed by atoms with van der Waals surface area (Å²) in [6.07, 6.45) is 0.915. The first-order valence-corrected chi connectivity index (χ1v) is 5.99. The third-order valence-electron chi connectivity index (χ3n) is 2.60. The van der Waals surface area contributed by atoms with Crippen LogP contribution in [0, 0.1) is 6.92 Å². The van der Waals surface area contributed by atoms with Gasteiger partial charge in [0.05, 0.1) is 0 Å². The number of thiophene rings is 1. The van der Waals surface area contributed by atoms with E-state index in [4.69, 9.17) is 5.73 Å². The quantitative estimate of drug-likeness (QED) is 0.838. The summed E-state index contributed by atoms with van der Waals surface area (Å²) in [6, 6.07) is 12.7. The molecule has 1 nitrogen and oxygen atoms in total. The van der Waals surface area contributed by atoms with Crippen molar-refractivity contribution in [3.8, 4) is 0 Å². The van der Waals surface area contributed by atoms with E-state index >= 15 is 0 Å². The van der Waals surface area contributed by atoms with E-state index in [1.807, 2.05) is 6.07 Å². The van der Waals surface area contributed by atoms with Crippen LogP contribution in [0.15, 0.2) is 41.8 Å². The molecule has 0 bridgehead atoms. The first-order chi connectivity index (χ1) is 7.27. The molecule has 2 rings (SSSR count). The summed E-state index contributed by atoms with van der Waals surface area (Å²) < 4.78 is 0. The molecule has 2 heteroatoms. The summed E-state index contributed by atoms with van der Waals surface area (Å²) in [5, 5.41) is 2.11. The third-order valence-corrected chi connectivity index (χ3v) is 3.46. The molecule has 0 radical (unpaired) electrons. The lowest BCUT2D eigenvalue weighted by molar-refractivity contribution is 0.721. The number of hydrogen-bond acceptors (Lipinski definition) is 2. The third kappa shape index (κ3) is 2.46. The van der Waals surface area contributed by atoms with Crippen molar-refractivity contribution in [2.75, 3.05) is 0 Å². The fourth-order valence-electron chi connectivity index (χ4n) is 1.76. The van der Waals surface area contributed by atoms with E-state index < -0.39 is 0 Å². The maximum atomic E-state index is 6.18. The minimum atomic E-state index is 0.124. The second-order valence-corrected chi connectivity index (χ2v) is 4.85. The van der Waals surface area contributed by atoms with E-state index in [9.17, 15) is 0 Å². The Labute approximate surface area is 94.6 Å². The average molecular weight is 217 g/mol. The first kappa shape index (κ1) is 10.4. The summed E-state index contributed by atoms with van der Waals surface area (Å²) in [4.78, 5) is 1.33. The summed E-state index contributed by atoms with van der Waals surface area (Å²) in [7, 11) is 0. The Bertz CT molecular complexity index is 419. The van der Waals surface area contributed by atoms with E-state index in [2.05, 4.69) is 42.6 Å². The topological polar surface area (TPSA) is 26.0 Å². The summed E-state index contributed by atoms with van der Waals surface area (Å²) >= 11 is 1.76. The highest BCUT2D eigenvalue weighted by Gasteiger charge is 2.10. The zero-order valence-corrected chi connectivity index (χ0v) is 9.63. The van der Waals surface area contributed by atoms with Crippen molar-refractivity contribution in [1.29, 1.82) is 0 Å². The van der Waals surface area contributed by atoms with Crippen molar-refractivity contribution in [1.82, 2.24) is 0 Å². The predicted octanol–water partition coefficient (Wildman–Crippen LogP) is 3.30. The van der Waals surface area contributed by atoms with Crippen LogP contribution in [0.2, 0.25) is 0 Å². The Hall–Kier alpha value is -1.12. The molecule has 0 aliphatic heterocycles. The molecule has 0 saturated heterocycles. The fraction of sp³-hybridized carbons (Fsp3) is 0.231. The zero-order valence-electron chi connectivity index (χ0n) is 8.81. The largest absolute Gasteiger partial charge is 0.324 e. The molecule has 0 amide bonds. The van der Waals surface area contributed by atoms with Crippen LogP contribution < -0.4 is 5.73 Å². The van der Waals surface area contributed by atoms with Crippen molar-refractivity contribution in [2.45, 2.75) is 19.4 Å². The summed E-state index contributed by atoms with van der Waals surface area (Å²) in [5.74, 6) is 0. The van der Waals surface area contributed by atoms with Crippen LogP contribution in [0.5, 0.6) is 0 Å². The van der Waals surface area contributed by atoms with Gasteiger partial charge in [0.1, 0.15) is 0 Å². The maximum absolute atomic E-state index is 6.18. The van der Waals surface area contributed by atoms with Gasteiger partial charge in [-0.25, -0.2) is 0 Å². The smallest absolute Gasteiger partial charge is 0.0346 e. The van der Waals surface area contributed by atoms with Gasteiger partial charge in [0, 0.05) is 10.9 Å². The first-order valence-electron chi connectivity index (χ1n) is 5.11. The van der Waals surface area contributed by atoms with Gasteiger partial charge in [-0.3, -0.25) is 0 Å².